The molecule has 1 aliphatic heterocycles. The zero-order chi connectivity index (χ0) is 17.8. The summed E-state index contributed by atoms with van der Waals surface area (Å²) in [6.07, 6.45) is 2.57. The predicted molar refractivity (Wildman–Crippen MR) is 101 cm³/mol. The Morgan fingerprint density at radius 1 is 1.20 bits per heavy atom. The minimum atomic E-state index is 0.491. The molecule has 0 radical (unpaired) electrons. The van der Waals surface area contributed by atoms with Gasteiger partial charge in [-0.15, -0.1) is 0 Å². The third-order valence-electron chi connectivity index (χ3n) is 4.78. The van der Waals surface area contributed by atoms with Gasteiger partial charge in [0.05, 0.1) is 19.9 Å². The van der Waals surface area contributed by atoms with Gasteiger partial charge >= 0.3 is 0 Å². The molecule has 1 saturated heterocycles. The standard InChI is InChI=1S/C20H27N3O2/c1-14-6-5-9-23(12-14)13-15-10-19(25-3)16(11-18(15)24-2)17-7-4-8-20(21)22-17/h4,7-8,10-11,14H,5-6,9,12-13H2,1-3H3,(H2,21,22). The number of nitrogen functional groups attached to an aromatic ring is 1. The second-order valence-corrected chi connectivity index (χ2v) is 6.79. The Balaban J connectivity index is 1.94. The van der Waals surface area contributed by atoms with Gasteiger partial charge in [-0.05, 0) is 49.6 Å². The molecule has 3 rings (SSSR count). The molecule has 2 aromatic rings. The fourth-order valence-corrected chi connectivity index (χ4v) is 3.56. The number of aromatic nitrogens is 1. The Labute approximate surface area is 149 Å². The van der Waals surface area contributed by atoms with Crippen molar-refractivity contribution in [1.29, 1.82) is 0 Å². The summed E-state index contributed by atoms with van der Waals surface area (Å²) in [6, 6.07) is 9.67. The van der Waals surface area contributed by atoms with Crippen LogP contribution in [-0.2, 0) is 6.54 Å². The number of rotatable bonds is 5. The van der Waals surface area contributed by atoms with Crippen LogP contribution < -0.4 is 15.2 Å². The molecule has 2 N–H and O–H groups in total. The average Bonchev–Trinajstić information content (AvgIpc) is 2.61. The highest BCUT2D eigenvalue weighted by Gasteiger charge is 2.20. The van der Waals surface area contributed by atoms with E-state index in [-0.39, 0.29) is 0 Å². The predicted octanol–water partition coefficient (Wildman–Crippen LogP) is 3.58. The van der Waals surface area contributed by atoms with Gasteiger partial charge in [-0.2, -0.15) is 0 Å². The van der Waals surface area contributed by atoms with Gasteiger partial charge in [-0.25, -0.2) is 4.98 Å². The second kappa shape index (κ2) is 7.74. The summed E-state index contributed by atoms with van der Waals surface area (Å²) in [7, 11) is 3.39. The Bertz CT molecular complexity index is 733. The lowest BCUT2D eigenvalue weighted by Crippen LogP contribution is -2.33. The molecule has 1 fully saturated rings. The van der Waals surface area contributed by atoms with Gasteiger partial charge in [0.1, 0.15) is 17.3 Å². The molecule has 1 aromatic heterocycles. The topological polar surface area (TPSA) is 60.6 Å². The molecule has 1 unspecified atom stereocenters. The molecule has 5 nitrogen and oxygen atoms in total. The molecular weight excluding hydrogens is 314 g/mol. The van der Waals surface area contributed by atoms with Gasteiger partial charge in [-0.1, -0.05) is 13.0 Å². The fraction of sp³-hybridized carbons (Fsp3) is 0.450. The minimum Gasteiger partial charge on any atom is -0.496 e. The monoisotopic (exact) mass is 341 g/mol. The summed E-state index contributed by atoms with van der Waals surface area (Å²) in [5, 5.41) is 0. The largest absolute Gasteiger partial charge is 0.496 e. The molecule has 0 saturated carbocycles. The maximum Gasteiger partial charge on any atom is 0.128 e. The molecule has 1 aromatic carbocycles. The highest BCUT2D eigenvalue weighted by Crippen LogP contribution is 2.36. The van der Waals surface area contributed by atoms with Crippen LogP contribution in [0.3, 0.4) is 0 Å². The number of methoxy groups -OCH3 is 2. The summed E-state index contributed by atoms with van der Waals surface area (Å²) in [6.45, 7) is 5.45. The number of pyridine rings is 1. The van der Waals surface area contributed by atoms with E-state index in [4.69, 9.17) is 15.2 Å². The van der Waals surface area contributed by atoms with Gasteiger partial charge in [0.25, 0.3) is 0 Å². The number of hydrogen-bond acceptors (Lipinski definition) is 5. The third kappa shape index (κ3) is 4.04. The molecular formula is C20H27N3O2. The van der Waals surface area contributed by atoms with Gasteiger partial charge in [-0.3, -0.25) is 4.90 Å². The highest BCUT2D eigenvalue weighted by atomic mass is 16.5. The van der Waals surface area contributed by atoms with Crippen molar-refractivity contribution in [1.82, 2.24) is 9.88 Å². The third-order valence-corrected chi connectivity index (χ3v) is 4.78. The van der Waals surface area contributed by atoms with Gasteiger partial charge in [0, 0.05) is 24.2 Å². The number of benzene rings is 1. The van der Waals surface area contributed by atoms with E-state index in [2.05, 4.69) is 22.9 Å². The quantitative estimate of drug-likeness (QED) is 0.901. The van der Waals surface area contributed by atoms with E-state index >= 15 is 0 Å². The van der Waals surface area contributed by atoms with Crippen LogP contribution in [0.5, 0.6) is 11.5 Å². The molecule has 0 spiro atoms. The van der Waals surface area contributed by atoms with Crippen molar-refractivity contribution in [3.8, 4) is 22.8 Å². The van der Waals surface area contributed by atoms with E-state index in [1.165, 1.54) is 12.8 Å². The summed E-state index contributed by atoms with van der Waals surface area (Å²) in [4.78, 5) is 6.90. The number of nitrogens with zero attached hydrogens (tertiary/aromatic N) is 2. The number of hydrogen-bond donors (Lipinski definition) is 1. The van der Waals surface area contributed by atoms with E-state index in [0.29, 0.717) is 5.82 Å². The molecule has 5 heteroatoms. The van der Waals surface area contributed by atoms with Gasteiger partial charge < -0.3 is 15.2 Å². The zero-order valence-corrected chi connectivity index (χ0v) is 15.3. The molecule has 0 bridgehead atoms. The molecule has 25 heavy (non-hydrogen) atoms. The maximum atomic E-state index is 5.83. The van der Waals surface area contributed by atoms with E-state index in [0.717, 1.165) is 53.9 Å². The maximum absolute atomic E-state index is 5.83. The van der Waals surface area contributed by atoms with Crippen molar-refractivity contribution < 1.29 is 9.47 Å². The summed E-state index contributed by atoms with van der Waals surface area (Å²) >= 11 is 0. The van der Waals surface area contributed by atoms with Crippen LogP contribution in [0.15, 0.2) is 30.3 Å². The number of ether oxygens (including phenoxy) is 2. The first-order chi connectivity index (χ1) is 12.1. The van der Waals surface area contributed by atoms with Crippen LogP contribution in [0, 0.1) is 5.92 Å². The lowest BCUT2D eigenvalue weighted by atomic mass is 9.99. The van der Waals surface area contributed by atoms with Crippen LogP contribution in [0.25, 0.3) is 11.3 Å². The SMILES string of the molecule is COc1cc(-c2cccc(N)n2)c(OC)cc1CN1CCCC(C)C1. The van der Waals surface area contributed by atoms with Crippen LogP contribution in [-0.4, -0.2) is 37.2 Å². The molecule has 134 valence electrons. The fourth-order valence-electron chi connectivity index (χ4n) is 3.56. The molecule has 0 amide bonds. The van der Waals surface area contributed by atoms with Crippen molar-refractivity contribution in [2.24, 2.45) is 5.92 Å². The molecule has 1 atom stereocenters. The van der Waals surface area contributed by atoms with Crippen LogP contribution >= 0.6 is 0 Å². The summed E-state index contributed by atoms with van der Waals surface area (Å²) in [5.41, 5.74) is 8.65. The van der Waals surface area contributed by atoms with Crippen LogP contribution in [0.2, 0.25) is 0 Å². The smallest absolute Gasteiger partial charge is 0.128 e. The van der Waals surface area contributed by atoms with E-state index in [9.17, 15) is 0 Å². The number of anilines is 1. The second-order valence-electron chi connectivity index (χ2n) is 6.79. The van der Waals surface area contributed by atoms with E-state index in [1.807, 2.05) is 18.2 Å². The summed E-state index contributed by atoms with van der Waals surface area (Å²) in [5.74, 6) is 2.89. The van der Waals surface area contributed by atoms with Gasteiger partial charge in [0.15, 0.2) is 0 Å². The van der Waals surface area contributed by atoms with Crippen molar-refractivity contribution in [3.05, 3.63) is 35.9 Å². The van der Waals surface area contributed by atoms with Gasteiger partial charge in [0.2, 0.25) is 0 Å². The minimum absolute atomic E-state index is 0.491. The molecule has 2 heterocycles. The normalized spacial score (nSPS) is 18.1. The van der Waals surface area contributed by atoms with Crippen molar-refractivity contribution in [3.63, 3.8) is 0 Å². The van der Waals surface area contributed by atoms with Crippen molar-refractivity contribution in [2.75, 3.05) is 33.0 Å². The van der Waals surface area contributed by atoms with E-state index in [1.54, 1.807) is 20.3 Å². The first kappa shape index (κ1) is 17.5. The number of likely N-dealkylation sites (tertiary alicyclic amines) is 1. The van der Waals surface area contributed by atoms with Crippen molar-refractivity contribution in [2.45, 2.75) is 26.3 Å². The van der Waals surface area contributed by atoms with Crippen molar-refractivity contribution >= 4 is 5.82 Å². The van der Waals surface area contributed by atoms with Crippen LogP contribution in [0.1, 0.15) is 25.3 Å². The number of piperidine rings is 1. The van der Waals surface area contributed by atoms with E-state index < -0.39 is 0 Å². The molecule has 1 aliphatic rings. The lowest BCUT2D eigenvalue weighted by Gasteiger charge is -2.31. The molecule has 0 aliphatic carbocycles. The highest BCUT2D eigenvalue weighted by molar-refractivity contribution is 5.71. The average molecular weight is 341 g/mol. The first-order valence-electron chi connectivity index (χ1n) is 8.81. The zero-order valence-electron chi connectivity index (χ0n) is 15.3. The first-order valence-corrected chi connectivity index (χ1v) is 8.81. The Kier molecular flexibility index (Phi) is 5.43. The Morgan fingerprint density at radius 2 is 2.00 bits per heavy atom. The Morgan fingerprint density at radius 3 is 2.68 bits per heavy atom. The number of nitrogens with two attached hydrogens (primary N) is 1. The lowest BCUT2D eigenvalue weighted by molar-refractivity contribution is 0.175. The Hall–Kier alpha value is -2.27. The van der Waals surface area contributed by atoms with Crippen LogP contribution in [0.4, 0.5) is 5.82 Å². The summed E-state index contributed by atoms with van der Waals surface area (Å²) < 4.78 is 11.3.